The van der Waals surface area contributed by atoms with Gasteiger partial charge in [0.1, 0.15) is 5.75 Å². The van der Waals surface area contributed by atoms with Crippen LogP contribution >= 0.6 is 24.0 Å². The lowest BCUT2D eigenvalue weighted by molar-refractivity contribution is -0.0498. The van der Waals surface area contributed by atoms with Crippen molar-refractivity contribution in [3.8, 4) is 5.75 Å². The van der Waals surface area contributed by atoms with Crippen molar-refractivity contribution in [1.82, 2.24) is 10.2 Å². The van der Waals surface area contributed by atoms with Crippen molar-refractivity contribution in [2.45, 2.75) is 45.8 Å². The van der Waals surface area contributed by atoms with Crippen LogP contribution in [0.15, 0.2) is 29.3 Å². The van der Waals surface area contributed by atoms with Crippen LogP contribution in [0.4, 0.5) is 8.78 Å². The molecular weight excluding hydrogens is 439 g/mol. The van der Waals surface area contributed by atoms with E-state index in [-0.39, 0.29) is 29.7 Å². The Labute approximate surface area is 165 Å². The summed E-state index contributed by atoms with van der Waals surface area (Å²) < 4.78 is 29.1. The van der Waals surface area contributed by atoms with Gasteiger partial charge in [-0.2, -0.15) is 8.78 Å². The van der Waals surface area contributed by atoms with Crippen LogP contribution in [-0.4, -0.2) is 37.1 Å². The van der Waals surface area contributed by atoms with Gasteiger partial charge in [-0.05, 0) is 49.3 Å². The van der Waals surface area contributed by atoms with Gasteiger partial charge in [0.05, 0.1) is 6.54 Å². The van der Waals surface area contributed by atoms with Gasteiger partial charge in [-0.25, -0.2) is 4.99 Å². The van der Waals surface area contributed by atoms with Crippen LogP contribution in [0.2, 0.25) is 0 Å². The molecule has 1 N–H and O–H groups in total. The molecule has 1 aliphatic carbocycles. The maximum absolute atomic E-state index is 12.3. The number of benzene rings is 1. The maximum atomic E-state index is 12.3. The fraction of sp³-hybridized carbons (Fsp3) is 0.611. The van der Waals surface area contributed by atoms with Crippen molar-refractivity contribution in [2.75, 3.05) is 19.6 Å². The van der Waals surface area contributed by atoms with Crippen LogP contribution < -0.4 is 10.1 Å². The molecule has 1 saturated carbocycles. The Morgan fingerprint density at radius 3 is 2.76 bits per heavy atom. The zero-order valence-electron chi connectivity index (χ0n) is 14.5. The standard InChI is InChI=1S/C18H25F2N3O.HI/c1-2-21-17(23-10-9-18(13-23)7-4-8-18)22-12-14-5-3-6-15(11-14)24-16(19)20;/h3,5-6,11,16H,2,4,7-10,12-13H2,1H3,(H,21,22);1H. The number of hydrogen-bond donors (Lipinski definition) is 1. The first-order chi connectivity index (χ1) is 11.6. The molecule has 0 radical (unpaired) electrons. The summed E-state index contributed by atoms with van der Waals surface area (Å²) in [6.07, 6.45) is 5.25. The van der Waals surface area contributed by atoms with Crippen molar-refractivity contribution in [2.24, 2.45) is 10.4 Å². The number of ether oxygens (including phenoxy) is 1. The summed E-state index contributed by atoms with van der Waals surface area (Å²) in [5.74, 6) is 1.10. The predicted molar refractivity (Wildman–Crippen MR) is 106 cm³/mol. The largest absolute Gasteiger partial charge is 0.435 e. The number of nitrogens with zero attached hydrogens (tertiary/aromatic N) is 2. The minimum atomic E-state index is -2.80. The van der Waals surface area contributed by atoms with E-state index in [1.165, 1.54) is 31.7 Å². The molecule has 140 valence electrons. The Bertz CT molecular complexity index is 593. The molecule has 0 atom stereocenters. The molecule has 0 aromatic heterocycles. The van der Waals surface area contributed by atoms with E-state index in [9.17, 15) is 8.78 Å². The zero-order chi connectivity index (χ0) is 17.0. The minimum Gasteiger partial charge on any atom is -0.435 e. The van der Waals surface area contributed by atoms with Crippen LogP contribution in [0.5, 0.6) is 5.75 Å². The molecule has 1 saturated heterocycles. The van der Waals surface area contributed by atoms with E-state index < -0.39 is 6.61 Å². The maximum Gasteiger partial charge on any atom is 0.387 e. The molecule has 7 heteroatoms. The average molecular weight is 465 g/mol. The fourth-order valence-corrected chi connectivity index (χ4v) is 3.61. The minimum absolute atomic E-state index is 0. The summed E-state index contributed by atoms with van der Waals surface area (Å²) in [6, 6.07) is 6.75. The number of halogens is 3. The van der Waals surface area contributed by atoms with Crippen molar-refractivity contribution >= 4 is 29.9 Å². The second kappa shape index (κ2) is 9.00. The van der Waals surface area contributed by atoms with Crippen molar-refractivity contribution in [3.63, 3.8) is 0 Å². The van der Waals surface area contributed by atoms with E-state index >= 15 is 0 Å². The van der Waals surface area contributed by atoms with Crippen LogP contribution in [0.25, 0.3) is 0 Å². The molecule has 2 fully saturated rings. The van der Waals surface area contributed by atoms with E-state index in [0.29, 0.717) is 12.0 Å². The van der Waals surface area contributed by atoms with Gasteiger partial charge in [-0.15, -0.1) is 24.0 Å². The third kappa shape index (κ3) is 5.18. The molecule has 1 spiro atoms. The first-order valence-electron chi connectivity index (χ1n) is 8.67. The molecule has 1 aromatic carbocycles. The molecule has 0 amide bonds. The summed E-state index contributed by atoms with van der Waals surface area (Å²) in [4.78, 5) is 7.03. The topological polar surface area (TPSA) is 36.9 Å². The Balaban J connectivity index is 0.00000225. The van der Waals surface area contributed by atoms with E-state index in [0.717, 1.165) is 31.2 Å². The van der Waals surface area contributed by atoms with Gasteiger partial charge in [-0.3, -0.25) is 0 Å². The second-order valence-corrected chi connectivity index (χ2v) is 6.72. The Kier molecular flexibility index (Phi) is 7.27. The lowest BCUT2D eigenvalue weighted by Crippen LogP contribution is -2.42. The summed E-state index contributed by atoms with van der Waals surface area (Å²) in [6.45, 7) is 2.64. The second-order valence-electron chi connectivity index (χ2n) is 6.72. The normalized spacial score (nSPS) is 18.9. The highest BCUT2D eigenvalue weighted by Crippen LogP contribution is 2.47. The molecule has 0 unspecified atom stereocenters. The number of guanidine groups is 1. The van der Waals surface area contributed by atoms with Gasteiger partial charge in [0.25, 0.3) is 0 Å². The van der Waals surface area contributed by atoms with Gasteiger partial charge < -0.3 is 15.0 Å². The van der Waals surface area contributed by atoms with Crippen LogP contribution in [0.3, 0.4) is 0 Å². The number of rotatable bonds is 5. The summed E-state index contributed by atoms with van der Waals surface area (Å²) in [5.41, 5.74) is 1.38. The van der Waals surface area contributed by atoms with Gasteiger partial charge in [-0.1, -0.05) is 18.6 Å². The summed E-state index contributed by atoms with van der Waals surface area (Å²) in [7, 11) is 0. The molecule has 2 aliphatic rings. The Hall–Kier alpha value is -1.12. The first-order valence-corrected chi connectivity index (χ1v) is 8.67. The Morgan fingerprint density at radius 2 is 2.16 bits per heavy atom. The first kappa shape index (κ1) is 20.2. The van der Waals surface area contributed by atoms with Crippen molar-refractivity contribution < 1.29 is 13.5 Å². The van der Waals surface area contributed by atoms with Crippen molar-refractivity contribution in [3.05, 3.63) is 29.8 Å². The number of nitrogens with one attached hydrogen (secondary N) is 1. The number of alkyl halides is 2. The Morgan fingerprint density at radius 1 is 1.36 bits per heavy atom. The summed E-state index contributed by atoms with van der Waals surface area (Å²) >= 11 is 0. The molecular formula is C18H26F2IN3O. The van der Waals surface area contributed by atoms with Gasteiger partial charge in [0.15, 0.2) is 5.96 Å². The molecule has 4 nitrogen and oxygen atoms in total. The monoisotopic (exact) mass is 465 g/mol. The van der Waals surface area contributed by atoms with Gasteiger partial charge >= 0.3 is 6.61 Å². The van der Waals surface area contributed by atoms with E-state index in [1.54, 1.807) is 12.1 Å². The molecule has 25 heavy (non-hydrogen) atoms. The SMILES string of the molecule is CCNC(=NCc1cccc(OC(F)F)c1)N1CCC2(CCC2)C1.I. The molecule has 3 rings (SSSR count). The smallest absolute Gasteiger partial charge is 0.387 e. The van der Waals surface area contributed by atoms with Gasteiger partial charge in [0.2, 0.25) is 0 Å². The van der Waals surface area contributed by atoms with Crippen LogP contribution in [-0.2, 0) is 6.54 Å². The number of likely N-dealkylation sites (tertiary alicyclic amines) is 1. The highest BCUT2D eigenvalue weighted by molar-refractivity contribution is 14.0. The van der Waals surface area contributed by atoms with E-state index in [1.807, 2.05) is 6.07 Å². The van der Waals surface area contributed by atoms with E-state index in [2.05, 4.69) is 21.9 Å². The zero-order valence-corrected chi connectivity index (χ0v) is 16.8. The van der Waals surface area contributed by atoms with Crippen LogP contribution in [0.1, 0.15) is 38.2 Å². The highest BCUT2D eigenvalue weighted by atomic mass is 127. The molecule has 0 bridgehead atoms. The quantitative estimate of drug-likeness (QED) is 0.402. The molecule has 1 aromatic rings. The third-order valence-electron chi connectivity index (χ3n) is 5.02. The van der Waals surface area contributed by atoms with Gasteiger partial charge in [0, 0.05) is 19.6 Å². The predicted octanol–water partition coefficient (Wildman–Crippen LogP) is 4.25. The fourth-order valence-electron chi connectivity index (χ4n) is 3.61. The van der Waals surface area contributed by atoms with E-state index in [4.69, 9.17) is 4.99 Å². The summed E-state index contributed by atoms with van der Waals surface area (Å²) in [5, 5.41) is 3.35. The lowest BCUT2D eigenvalue weighted by atomic mass is 9.68. The molecule has 1 heterocycles. The third-order valence-corrected chi connectivity index (χ3v) is 5.02. The lowest BCUT2D eigenvalue weighted by Gasteiger charge is -2.38. The number of hydrogen-bond acceptors (Lipinski definition) is 2. The highest BCUT2D eigenvalue weighted by Gasteiger charge is 2.43. The van der Waals surface area contributed by atoms with Crippen LogP contribution in [0, 0.1) is 5.41 Å². The molecule has 1 aliphatic heterocycles. The number of aliphatic imine (C=N–C) groups is 1. The average Bonchev–Trinajstić information content (AvgIpc) is 2.97. The van der Waals surface area contributed by atoms with Crippen molar-refractivity contribution in [1.29, 1.82) is 0 Å².